The van der Waals surface area contributed by atoms with Crippen LogP contribution in [0.2, 0.25) is 0 Å². The molecule has 0 N–H and O–H groups in total. The van der Waals surface area contributed by atoms with E-state index in [-0.39, 0.29) is 0 Å². The average Bonchev–Trinajstić information content (AvgIpc) is 3.77. The number of furan rings is 1. The summed E-state index contributed by atoms with van der Waals surface area (Å²) >= 11 is 0. The molecule has 3 heteroatoms. The molecular weight excluding hydrogens is 645 g/mol. The number of benzene rings is 9. The Morgan fingerprint density at radius 2 is 0.925 bits per heavy atom. The summed E-state index contributed by atoms with van der Waals surface area (Å²) in [7, 11) is 0. The first-order valence-corrected chi connectivity index (χ1v) is 18.1. The first kappa shape index (κ1) is 29.6. The number of para-hydroxylation sites is 3. The topological polar surface area (TPSA) is 21.3 Å². The molecule has 0 spiro atoms. The van der Waals surface area contributed by atoms with Crippen LogP contribution >= 0.6 is 0 Å². The third-order valence-corrected chi connectivity index (χ3v) is 10.8. The fourth-order valence-electron chi connectivity index (χ4n) is 8.27. The fraction of sp³-hybridized carbons (Fsp3) is 0. The lowest BCUT2D eigenvalue weighted by atomic mass is 10.0. The van der Waals surface area contributed by atoms with Gasteiger partial charge in [-0.05, 0) is 105 Å². The number of anilines is 3. The van der Waals surface area contributed by atoms with Gasteiger partial charge in [0.1, 0.15) is 11.2 Å². The molecule has 0 bridgehead atoms. The number of hydrogen-bond donors (Lipinski definition) is 0. The van der Waals surface area contributed by atoms with Crippen LogP contribution in [-0.4, -0.2) is 4.57 Å². The largest absolute Gasteiger partial charge is 0.456 e. The molecule has 2 aromatic heterocycles. The van der Waals surface area contributed by atoms with Gasteiger partial charge in [0.25, 0.3) is 0 Å². The van der Waals surface area contributed by atoms with Crippen LogP contribution in [0.15, 0.2) is 199 Å². The second-order valence-corrected chi connectivity index (χ2v) is 13.8. The fourth-order valence-corrected chi connectivity index (χ4v) is 8.27. The highest BCUT2D eigenvalue weighted by Gasteiger charge is 2.17. The number of aromatic nitrogens is 1. The minimum absolute atomic E-state index is 0.903. The van der Waals surface area contributed by atoms with Crippen molar-refractivity contribution in [2.75, 3.05) is 4.90 Å². The maximum atomic E-state index is 6.24. The molecule has 0 saturated heterocycles. The molecule has 11 aromatic rings. The molecule has 0 aliphatic carbocycles. The highest BCUT2D eigenvalue weighted by molar-refractivity contribution is 6.10. The predicted octanol–water partition coefficient (Wildman–Crippen LogP) is 14.1. The van der Waals surface area contributed by atoms with E-state index in [1.165, 1.54) is 43.4 Å². The molecule has 0 amide bonds. The zero-order valence-corrected chi connectivity index (χ0v) is 28.8. The van der Waals surface area contributed by atoms with Crippen LogP contribution in [0, 0.1) is 0 Å². The van der Waals surface area contributed by atoms with E-state index in [4.69, 9.17) is 4.42 Å². The first-order valence-electron chi connectivity index (χ1n) is 18.1. The minimum Gasteiger partial charge on any atom is -0.456 e. The summed E-state index contributed by atoms with van der Waals surface area (Å²) in [5.41, 5.74) is 10.9. The third-order valence-electron chi connectivity index (χ3n) is 10.8. The number of nitrogens with zero attached hydrogens (tertiary/aromatic N) is 2. The molecule has 0 aliphatic rings. The lowest BCUT2D eigenvalue weighted by Crippen LogP contribution is -2.10. The van der Waals surface area contributed by atoms with Crippen molar-refractivity contribution in [2.45, 2.75) is 0 Å². The van der Waals surface area contributed by atoms with Gasteiger partial charge >= 0.3 is 0 Å². The van der Waals surface area contributed by atoms with Crippen LogP contribution in [0.5, 0.6) is 0 Å². The lowest BCUT2D eigenvalue weighted by Gasteiger charge is -2.27. The lowest BCUT2D eigenvalue weighted by molar-refractivity contribution is 0.669. The summed E-state index contributed by atoms with van der Waals surface area (Å²) in [6.07, 6.45) is 0. The molecular formula is C50H32N2O. The van der Waals surface area contributed by atoms with E-state index in [0.29, 0.717) is 0 Å². The molecule has 0 atom stereocenters. The summed E-state index contributed by atoms with van der Waals surface area (Å²) in [6, 6.07) is 69.9. The van der Waals surface area contributed by atoms with E-state index in [9.17, 15) is 0 Å². The molecule has 2 heterocycles. The SMILES string of the molecule is c1cc(N(c2ccc(-c3ccc4c(c3)oc3ccccc34)cc2)c2ccc3c(ccc4ccccc43)c2)cc(-n2c3ccccc3c3ccccc32)c1. The highest BCUT2D eigenvalue weighted by atomic mass is 16.3. The van der Waals surface area contributed by atoms with E-state index in [1.54, 1.807) is 0 Å². The van der Waals surface area contributed by atoms with Crippen LogP contribution in [0.1, 0.15) is 0 Å². The summed E-state index contributed by atoms with van der Waals surface area (Å²) in [5, 5.41) is 9.77. The molecule has 0 aliphatic heterocycles. The second kappa shape index (κ2) is 11.7. The smallest absolute Gasteiger partial charge is 0.136 e. The maximum Gasteiger partial charge on any atom is 0.136 e. The second-order valence-electron chi connectivity index (χ2n) is 13.8. The van der Waals surface area contributed by atoms with E-state index in [2.05, 4.69) is 191 Å². The molecule has 0 radical (unpaired) electrons. The van der Waals surface area contributed by atoms with Gasteiger partial charge in [-0.15, -0.1) is 0 Å². The predicted molar refractivity (Wildman–Crippen MR) is 223 cm³/mol. The Bertz CT molecular complexity index is 3130. The first-order chi connectivity index (χ1) is 26.3. The van der Waals surface area contributed by atoms with Crippen LogP contribution in [0.3, 0.4) is 0 Å². The molecule has 0 fully saturated rings. The Morgan fingerprint density at radius 3 is 1.74 bits per heavy atom. The highest BCUT2D eigenvalue weighted by Crippen LogP contribution is 2.41. The van der Waals surface area contributed by atoms with Crippen molar-refractivity contribution in [2.24, 2.45) is 0 Å². The van der Waals surface area contributed by atoms with Crippen molar-refractivity contribution in [1.29, 1.82) is 0 Å². The Morgan fingerprint density at radius 1 is 0.340 bits per heavy atom. The molecule has 3 nitrogen and oxygen atoms in total. The van der Waals surface area contributed by atoms with Crippen molar-refractivity contribution in [1.82, 2.24) is 4.57 Å². The van der Waals surface area contributed by atoms with Gasteiger partial charge in [-0.3, -0.25) is 0 Å². The normalized spacial score (nSPS) is 11.8. The number of hydrogen-bond acceptors (Lipinski definition) is 2. The average molecular weight is 677 g/mol. The van der Waals surface area contributed by atoms with E-state index in [0.717, 1.165) is 55.8 Å². The summed E-state index contributed by atoms with van der Waals surface area (Å²) in [4.78, 5) is 2.37. The van der Waals surface area contributed by atoms with Crippen LogP contribution < -0.4 is 4.90 Å². The Labute approximate surface area is 306 Å². The molecule has 0 saturated carbocycles. The van der Waals surface area contributed by atoms with Gasteiger partial charge in [-0.25, -0.2) is 0 Å². The van der Waals surface area contributed by atoms with E-state index in [1.807, 2.05) is 12.1 Å². The summed E-state index contributed by atoms with van der Waals surface area (Å²) < 4.78 is 8.62. The van der Waals surface area contributed by atoms with Gasteiger partial charge < -0.3 is 13.9 Å². The quantitative estimate of drug-likeness (QED) is 0.169. The molecule has 0 unspecified atom stereocenters. The Kier molecular flexibility index (Phi) is 6.55. The van der Waals surface area contributed by atoms with Gasteiger partial charge in [-0.2, -0.15) is 0 Å². The maximum absolute atomic E-state index is 6.24. The van der Waals surface area contributed by atoms with Gasteiger partial charge in [0.15, 0.2) is 0 Å². The van der Waals surface area contributed by atoms with Crippen molar-refractivity contribution in [3.05, 3.63) is 194 Å². The zero-order chi connectivity index (χ0) is 34.9. The molecule has 248 valence electrons. The standard InChI is InChI=1S/C50H32N2O/c1-2-13-41-34(10-1)20-21-36-30-40(27-29-42(36)41)51(37-25-22-33(23-26-37)35-24-28-46-45-16-5-8-19-49(45)53-50(46)31-35)38-11-9-12-39(32-38)52-47-17-6-3-14-43(47)44-15-4-7-18-48(44)52/h1-32H. The van der Waals surface area contributed by atoms with Crippen LogP contribution in [-0.2, 0) is 0 Å². The minimum atomic E-state index is 0.903. The van der Waals surface area contributed by atoms with Crippen molar-refractivity contribution < 1.29 is 4.42 Å². The molecule has 9 aromatic carbocycles. The number of fused-ring (bicyclic) bond motifs is 9. The summed E-state index contributed by atoms with van der Waals surface area (Å²) in [5.74, 6) is 0. The van der Waals surface area contributed by atoms with E-state index >= 15 is 0 Å². The van der Waals surface area contributed by atoms with Crippen LogP contribution in [0.25, 0.3) is 82.1 Å². The van der Waals surface area contributed by atoms with Gasteiger partial charge in [0, 0.05) is 44.3 Å². The van der Waals surface area contributed by atoms with Crippen LogP contribution in [0.4, 0.5) is 17.1 Å². The van der Waals surface area contributed by atoms with Gasteiger partial charge in [0.2, 0.25) is 0 Å². The van der Waals surface area contributed by atoms with Gasteiger partial charge in [0.05, 0.1) is 11.0 Å². The van der Waals surface area contributed by atoms with Crippen molar-refractivity contribution in [3.8, 4) is 16.8 Å². The van der Waals surface area contributed by atoms with Crippen molar-refractivity contribution >= 4 is 82.4 Å². The monoisotopic (exact) mass is 676 g/mol. The van der Waals surface area contributed by atoms with E-state index < -0.39 is 0 Å². The van der Waals surface area contributed by atoms with Crippen molar-refractivity contribution in [3.63, 3.8) is 0 Å². The number of rotatable bonds is 5. The molecule has 53 heavy (non-hydrogen) atoms. The third kappa shape index (κ3) is 4.75. The Hall–Kier alpha value is -7.10. The zero-order valence-electron chi connectivity index (χ0n) is 28.8. The van der Waals surface area contributed by atoms with Gasteiger partial charge in [-0.1, -0.05) is 121 Å². The molecule has 11 rings (SSSR count). The summed E-state index contributed by atoms with van der Waals surface area (Å²) in [6.45, 7) is 0. The Balaban J connectivity index is 1.07.